The number of nitrogens with one attached hydrogen (secondary N) is 1. The summed E-state index contributed by atoms with van der Waals surface area (Å²) >= 11 is 0. The Balaban J connectivity index is 1.70. The van der Waals surface area contributed by atoms with E-state index in [1.165, 1.54) is 4.31 Å². The second-order valence-corrected chi connectivity index (χ2v) is 7.71. The quantitative estimate of drug-likeness (QED) is 0.574. The van der Waals surface area contributed by atoms with Crippen molar-refractivity contribution >= 4 is 16.0 Å². The number of sulfonamides is 1. The molecule has 1 aromatic carbocycles. The molecule has 1 aliphatic rings. The van der Waals surface area contributed by atoms with Crippen molar-refractivity contribution in [3.8, 4) is 5.75 Å². The van der Waals surface area contributed by atoms with Gasteiger partial charge in [0.05, 0.1) is 12.3 Å². The summed E-state index contributed by atoms with van der Waals surface area (Å²) in [7, 11) is 0.602. The molecule has 1 fully saturated rings. The summed E-state index contributed by atoms with van der Waals surface area (Å²) in [6.07, 6.45) is 0.716. The number of ether oxygens (including phenoxy) is 1. The first kappa shape index (κ1) is 18.5. The van der Waals surface area contributed by atoms with Gasteiger partial charge in [-0.15, -0.1) is 0 Å². The molecule has 1 aliphatic heterocycles. The minimum absolute atomic E-state index is 0.262. The van der Waals surface area contributed by atoms with Crippen molar-refractivity contribution in [2.45, 2.75) is 6.42 Å². The SMILES string of the molecule is CN=C(NCCN1CCCS1(=O)=O)N(C)CCOc1ccccc1. The van der Waals surface area contributed by atoms with Crippen LogP contribution in [0.1, 0.15) is 6.42 Å². The third-order valence-electron chi connectivity index (χ3n) is 3.86. The lowest BCUT2D eigenvalue weighted by atomic mass is 10.3. The zero-order valence-corrected chi connectivity index (χ0v) is 15.1. The summed E-state index contributed by atoms with van der Waals surface area (Å²) in [5.41, 5.74) is 0. The number of rotatable bonds is 7. The van der Waals surface area contributed by atoms with E-state index in [1.807, 2.05) is 42.3 Å². The van der Waals surface area contributed by atoms with Gasteiger partial charge in [-0.2, -0.15) is 0 Å². The molecule has 0 aliphatic carbocycles. The van der Waals surface area contributed by atoms with Crippen LogP contribution in [0.3, 0.4) is 0 Å². The number of aliphatic imine (C=N–C) groups is 1. The predicted octanol–water partition coefficient (Wildman–Crippen LogP) is 0.608. The van der Waals surface area contributed by atoms with E-state index in [2.05, 4.69) is 10.3 Å². The van der Waals surface area contributed by atoms with Crippen LogP contribution in [-0.2, 0) is 10.0 Å². The van der Waals surface area contributed by atoms with E-state index in [0.717, 1.165) is 11.7 Å². The third kappa shape index (κ3) is 5.38. The molecule has 1 aromatic rings. The highest BCUT2D eigenvalue weighted by atomic mass is 32.2. The Kier molecular flexibility index (Phi) is 6.86. The molecule has 2 rings (SSSR count). The van der Waals surface area contributed by atoms with Gasteiger partial charge in [-0.1, -0.05) is 18.2 Å². The van der Waals surface area contributed by atoms with Crippen molar-refractivity contribution in [3.05, 3.63) is 30.3 Å². The van der Waals surface area contributed by atoms with Crippen molar-refractivity contribution in [1.82, 2.24) is 14.5 Å². The molecule has 0 unspecified atom stereocenters. The minimum atomic E-state index is -3.04. The molecule has 7 nitrogen and oxygen atoms in total. The maximum Gasteiger partial charge on any atom is 0.214 e. The van der Waals surface area contributed by atoms with E-state index in [-0.39, 0.29) is 5.75 Å². The van der Waals surface area contributed by atoms with Gasteiger partial charge < -0.3 is 15.0 Å². The van der Waals surface area contributed by atoms with Crippen LogP contribution in [0, 0.1) is 0 Å². The summed E-state index contributed by atoms with van der Waals surface area (Å²) in [6.45, 7) is 2.84. The smallest absolute Gasteiger partial charge is 0.214 e. The molecule has 134 valence electrons. The standard InChI is InChI=1S/C16H26N4O3S/c1-17-16(18-9-11-20-10-6-14-24(20,21)22)19(2)12-13-23-15-7-4-3-5-8-15/h3-5,7-8H,6,9-14H2,1-2H3,(H,17,18). The Morgan fingerprint density at radius 3 is 2.75 bits per heavy atom. The van der Waals surface area contributed by atoms with Crippen molar-refractivity contribution in [2.75, 3.05) is 52.6 Å². The summed E-state index contributed by atoms with van der Waals surface area (Å²) in [6, 6.07) is 9.66. The normalized spacial score (nSPS) is 17.7. The second-order valence-electron chi connectivity index (χ2n) is 5.63. The summed E-state index contributed by atoms with van der Waals surface area (Å²) < 4.78 is 30.7. The van der Waals surface area contributed by atoms with Gasteiger partial charge in [0.1, 0.15) is 12.4 Å². The van der Waals surface area contributed by atoms with Gasteiger partial charge >= 0.3 is 0 Å². The molecular weight excluding hydrogens is 328 g/mol. The summed E-state index contributed by atoms with van der Waals surface area (Å²) in [5, 5.41) is 3.20. The molecule has 0 bridgehead atoms. The molecule has 8 heteroatoms. The summed E-state index contributed by atoms with van der Waals surface area (Å²) in [4.78, 5) is 6.18. The van der Waals surface area contributed by atoms with Gasteiger partial charge in [-0.25, -0.2) is 12.7 Å². The second kappa shape index (κ2) is 8.89. The summed E-state index contributed by atoms with van der Waals surface area (Å²) in [5.74, 6) is 1.83. The monoisotopic (exact) mass is 354 g/mol. The Hall–Kier alpha value is -1.80. The Labute approximate surface area is 144 Å². The van der Waals surface area contributed by atoms with Crippen LogP contribution < -0.4 is 10.1 Å². The van der Waals surface area contributed by atoms with E-state index in [1.54, 1.807) is 7.05 Å². The van der Waals surface area contributed by atoms with E-state index in [0.29, 0.717) is 39.2 Å². The highest BCUT2D eigenvalue weighted by Crippen LogP contribution is 2.11. The van der Waals surface area contributed by atoms with Crippen LogP contribution in [0.2, 0.25) is 0 Å². The van der Waals surface area contributed by atoms with Crippen molar-refractivity contribution < 1.29 is 13.2 Å². The topological polar surface area (TPSA) is 74.2 Å². The van der Waals surface area contributed by atoms with E-state index < -0.39 is 10.0 Å². The van der Waals surface area contributed by atoms with Crippen LogP contribution in [0.25, 0.3) is 0 Å². The number of benzene rings is 1. The van der Waals surface area contributed by atoms with Gasteiger partial charge in [-0.05, 0) is 18.6 Å². The number of hydrogen-bond donors (Lipinski definition) is 1. The fraction of sp³-hybridized carbons (Fsp3) is 0.562. The molecule has 0 saturated carbocycles. The predicted molar refractivity (Wildman–Crippen MR) is 95.9 cm³/mol. The zero-order chi connectivity index (χ0) is 17.4. The number of hydrogen-bond acceptors (Lipinski definition) is 4. The molecular formula is C16H26N4O3S. The third-order valence-corrected chi connectivity index (χ3v) is 5.82. The van der Waals surface area contributed by atoms with Crippen LogP contribution in [-0.4, -0.2) is 76.2 Å². The van der Waals surface area contributed by atoms with Crippen LogP contribution >= 0.6 is 0 Å². The molecule has 1 N–H and O–H groups in total. The van der Waals surface area contributed by atoms with Gasteiger partial charge in [-0.3, -0.25) is 4.99 Å². The average Bonchev–Trinajstić information content (AvgIpc) is 2.91. The van der Waals surface area contributed by atoms with E-state index in [4.69, 9.17) is 4.74 Å². The van der Waals surface area contributed by atoms with E-state index >= 15 is 0 Å². The number of likely N-dealkylation sites (N-methyl/N-ethyl adjacent to an activating group) is 1. The zero-order valence-electron chi connectivity index (χ0n) is 14.3. The molecule has 0 spiro atoms. The lowest BCUT2D eigenvalue weighted by Gasteiger charge is -2.23. The highest BCUT2D eigenvalue weighted by molar-refractivity contribution is 7.89. The number of nitrogens with zero attached hydrogens (tertiary/aromatic N) is 3. The lowest BCUT2D eigenvalue weighted by molar-refractivity contribution is 0.281. The number of para-hydroxylation sites is 1. The molecule has 24 heavy (non-hydrogen) atoms. The van der Waals surface area contributed by atoms with Gasteiger partial charge in [0, 0.05) is 33.7 Å². The van der Waals surface area contributed by atoms with Crippen LogP contribution in [0.5, 0.6) is 5.75 Å². The molecule has 0 atom stereocenters. The maximum atomic E-state index is 11.8. The van der Waals surface area contributed by atoms with Gasteiger partial charge in [0.15, 0.2) is 5.96 Å². The molecule has 0 amide bonds. The first-order valence-corrected chi connectivity index (χ1v) is 9.71. The number of guanidine groups is 1. The Morgan fingerprint density at radius 2 is 2.12 bits per heavy atom. The maximum absolute atomic E-state index is 11.8. The van der Waals surface area contributed by atoms with Crippen molar-refractivity contribution in [1.29, 1.82) is 0 Å². The first-order chi connectivity index (χ1) is 11.5. The Bertz CT molecular complexity index is 634. The largest absolute Gasteiger partial charge is 0.492 e. The van der Waals surface area contributed by atoms with E-state index in [9.17, 15) is 8.42 Å². The molecule has 1 heterocycles. The highest BCUT2D eigenvalue weighted by Gasteiger charge is 2.27. The van der Waals surface area contributed by atoms with Crippen molar-refractivity contribution in [3.63, 3.8) is 0 Å². The van der Waals surface area contributed by atoms with Gasteiger partial charge in [0.2, 0.25) is 10.0 Å². The first-order valence-electron chi connectivity index (χ1n) is 8.10. The van der Waals surface area contributed by atoms with Crippen LogP contribution in [0.4, 0.5) is 0 Å². The average molecular weight is 354 g/mol. The fourth-order valence-corrected chi connectivity index (χ4v) is 4.07. The molecule has 0 radical (unpaired) electrons. The van der Waals surface area contributed by atoms with Crippen molar-refractivity contribution in [2.24, 2.45) is 4.99 Å². The van der Waals surface area contributed by atoms with Gasteiger partial charge in [0.25, 0.3) is 0 Å². The minimum Gasteiger partial charge on any atom is -0.492 e. The van der Waals surface area contributed by atoms with Crippen LogP contribution in [0.15, 0.2) is 35.3 Å². The fourth-order valence-electron chi connectivity index (χ4n) is 2.54. The lowest BCUT2D eigenvalue weighted by Crippen LogP contribution is -2.44. The Morgan fingerprint density at radius 1 is 1.38 bits per heavy atom. The molecule has 1 saturated heterocycles. The molecule has 0 aromatic heterocycles.